The van der Waals surface area contributed by atoms with Crippen LogP contribution in [0.1, 0.15) is 35.1 Å². The van der Waals surface area contributed by atoms with Crippen molar-refractivity contribution >= 4 is 5.91 Å². The van der Waals surface area contributed by atoms with Gasteiger partial charge in [-0.05, 0) is 33.7 Å². The Bertz CT molecular complexity index is 478. The Labute approximate surface area is 126 Å². The normalized spacial score (nSPS) is 16.1. The van der Waals surface area contributed by atoms with Gasteiger partial charge in [0.05, 0.1) is 24.5 Å². The number of amides is 1. The van der Waals surface area contributed by atoms with Gasteiger partial charge in [-0.1, -0.05) is 0 Å². The average molecular weight is 294 g/mol. The van der Waals surface area contributed by atoms with Crippen LogP contribution >= 0.6 is 0 Å². The zero-order valence-corrected chi connectivity index (χ0v) is 13.3. The summed E-state index contributed by atoms with van der Waals surface area (Å²) in [5, 5.41) is 7.39. The number of hydrogen-bond acceptors (Lipinski definition) is 4. The molecule has 0 bridgehead atoms. The van der Waals surface area contributed by atoms with Crippen LogP contribution in [0.4, 0.5) is 0 Å². The maximum Gasteiger partial charge on any atom is 0.255 e. The Hall–Kier alpha value is -1.40. The standard InChI is InChI=1S/C15H26N4O2/c1-4-19-13(3)14(12(2)17-19)15(20)16-6-5-7-18-8-10-21-11-9-18/h4-11H2,1-3H3,(H,16,20). The highest BCUT2D eigenvalue weighted by Crippen LogP contribution is 2.12. The zero-order chi connectivity index (χ0) is 15.2. The van der Waals surface area contributed by atoms with E-state index in [1.54, 1.807) is 0 Å². The van der Waals surface area contributed by atoms with E-state index in [2.05, 4.69) is 15.3 Å². The highest BCUT2D eigenvalue weighted by Gasteiger charge is 2.17. The second-order valence-corrected chi connectivity index (χ2v) is 5.43. The van der Waals surface area contributed by atoms with Crippen molar-refractivity contribution in [2.75, 3.05) is 39.4 Å². The number of aryl methyl sites for hydroxylation is 2. The van der Waals surface area contributed by atoms with Crippen molar-refractivity contribution in [2.45, 2.75) is 33.7 Å². The first kappa shape index (κ1) is 16.0. The van der Waals surface area contributed by atoms with Crippen molar-refractivity contribution in [3.8, 4) is 0 Å². The Balaban J connectivity index is 1.78. The van der Waals surface area contributed by atoms with Crippen LogP contribution in [0.15, 0.2) is 0 Å². The van der Waals surface area contributed by atoms with Crippen molar-refractivity contribution in [1.29, 1.82) is 0 Å². The fourth-order valence-electron chi connectivity index (χ4n) is 2.75. The molecule has 118 valence electrons. The van der Waals surface area contributed by atoms with Gasteiger partial charge in [-0.25, -0.2) is 0 Å². The molecule has 1 saturated heterocycles. The molecule has 6 heteroatoms. The lowest BCUT2D eigenvalue weighted by Crippen LogP contribution is -2.38. The second kappa shape index (κ2) is 7.56. The molecule has 0 aliphatic carbocycles. The number of hydrogen-bond donors (Lipinski definition) is 1. The largest absolute Gasteiger partial charge is 0.379 e. The van der Waals surface area contributed by atoms with Crippen molar-refractivity contribution in [3.05, 3.63) is 17.0 Å². The van der Waals surface area contributed by atoms with E-state index < -0.39 is 0 Å². The van der Waals surface area contributed by atoms with Crippen LogP contribution in [0.5, 0.6) is 0 Å². The third-order valence-electron chi connectivity index (χ3n) is 3.95. The minimum atomic E-state index is -0.00771. The molecule has 1 aliphatic heterocycles. The monoisotopic (exact) mass is 294 g/mol. The van der Waals surface area contributed by atoms with Gasteiger partial charge in [0.1, 0.15) is 0 Å². The highest BCUT2D eigenvalue weighted by atomic mass is 16.5. The molecule has 1 amide bonds. The van der Waals surface area contributed by atoms with E-state index in [1.165, 1.54) is 0 Å². The lowest BCUT2D eigenvalue weighted by molar-refractivity contribution is 0.0374. The maximum atomic E-state index is 12.3. The molecule has 0 radical (unpaired) electrons. The minimum absolute atomic E-state index is 0.00771. The van der Waals surface area contributed by atoms with Crippen LogP contribution < -0.4 is 5.32 Å². The maximum absolute atomic E-state index is 12.3. The molecule has 0 aromatic carbocycles. The Morgan fingerprint density at radius 2 is 2.05 bits per heavy atom. The molecule has 1 aliphatic rings. The molecule has 2 rings (SSSR count). The van der Waals surface area contributed by atoms with Crippen molar-refractivity contribution in [3.63, 3.8) is 0 Å². The van der Waals surface area contributed by atoms with Gasteiger partial charge in [0.15, 0.2) is 0 Å². The summed E-state index contributed by atoms with van der Waals surface area (Å²) in [6.07, 6.45) is 0.964. The van der Waals surface area contributed by atoms with Crippen molar-refractivity contribution in [1.82, 2.24) is 20.0 Å². The van der Waals surface area contributed by atoms with E-state index in [9.17, 15) is 4.79 Å². The first-order chi connectivity index (χ1) is 10.1. The summed E-state index contributed by atoms with van der Waals surface area (Å²) < 4.78 is 7.19. The Kier molecular flexibility index (Phi) is 5.76. The smallest absolute Gasteiger partial charge is 0.255 e. The predicted octanol–water partition coefficient (Wildman–Crippen LogP) is 0.972. The van der Waals surface area contributed by atoms with Gasteiger partial charge in [-0.15, -0.1) is 0 Å². The average Bonchev–Trinajstić information content (AvgIpc) is 2.79. The summed E-state index contributed by atoms with van der Waals surface area (Å²) >= 11 is 0. The van der Waals surface area contributed by atoms with E-state index in [-0.39, 0.29) is 5.91 Å². The molecule has 1 N–H and O–H groups in total. The molecule has 1 aromatic heterocycles. The van der Waals surface area contributed by atoms with Crippen LogP contribution in [-0.2, 0) is 11.3 Å². The fourth-order valence-corrected chi connectivity index (χ4v) is 2.75. The number of rotatable bonds is 6. The number of nitrogens with zero attached hydrogens (tertiary/aromatic N) is 3. The molecule has 2 heterocycles. The number of carbonyl (C=O) groups excluding carboxylic acids is 1. The van der Waals surface area contributed by atoms with E-state index >= 15 is 0 Å². The quantitative estimate of drug-likeness (QED) is 0.794. The summed E-state index contributed by atoms with van der Waals surface area (Å²) in [7, 11) is 0. The highest BCUT2D eigenvalue weighted by molar-refractivity contribution is 5.96. The third-order valence-corrected chi connectivity index (χ3v) is 3.95. The Morgan fingerprint density at radius 1 is 1.33 bits per heavy atom. The summed E-state index contributed by atoms with van der Waals surface area (Å²) in [5.41, 5.74) is 2.48. The van der Waals surface area contributed by atoms with E-state index in [0.717, 1.165) is 62.8 Å². The SMILES string of the molecule is CCn1nc(C)c(C(=O)NCCCN2CCOCC2)c1C. The number of ether oxygens (including phenoxy) is 1. The van der Waals surface area contributed by atoms with E-state index in [4.69, 9.17) is 4.74 Å². The van der Waals surface area contributed by atoms with Gasteiger partial charge in [-0.2, -0.15) is 5.10 Å². The summed E-state index contributed by atoms with van der Waals surface area (Å²) in [6.45, 7) is 12.0. The Morgan fingerprint density at radius 3 is 2.67 bits per heavy atom. The first-order valence-electron chi connectivity index (χ1n) is 7.75. The molecule has 0 atom stereocenters. The zero-order valence-electron chi connectivity index (χ0n) is 13.3. The van der Waals surface area contributed by atoms with Gasteiger partial charge in [0.2, 0.25) is 0 Å². The summed E-state index contributed by atoms with van der Waals surface area (Å²) in [5.74, 6) is -0.00771. The van der Waals surface area contributed by atoms with Crippen molar-refractivity contribution in [2.24, 2.45) is 0 Å². The minimum Gasteiger partial charge on any atom is -0.379 e. The van der Waals surface area contributed by atoms with E-state index in [1.807, 2.05) is 25.5 Å². The fraction of sp³-hybridized carbons (Fsp3) is 0.733. The molecule has 0 unspecified atom stereocenters. The lowest BCUT2D eigenvalue weighted by atomic mass is 10.2. The van der Waals surface area contributed by atoms with Gasteiger partial charge >= 0.3 is 0 Å². The molecular formula is C15H26N4O2. The summed E-state index contributed by atoms with van der Waals surface area (Å²) in [6, 6.07) is 0. The molecule has 6 nitrogen and oxygen atoms in total. The molecule has 21 heavy (non-hydrogen) atoms. The molecule has 1 aromatic rings. The first-order valence-corrected chi connectivity index (χ1v) is 7.75. The molecule has 0 spiro atoms. The number of carbonyl (C=O) groups is 1. The molecule has 1 fully saturated rings. The van der Waals surface area contributed by atoms with Gasteiger partial charge in [-0.3, -0.25) is 14.4 Å². The molecule has 0 saturated carbocycles. The number of nitrogens with one attached hydrogen (secondary N) is 1. The number of aromatic nitrogens is 2. The third kappa shape index (κ3) is 4.04. The predicted molar refractivity (Wildman–Crippen MR) is 81.6 cm³/mol. The van der Waals surface area contributed by atoms with Gasteiger partial charge < -0.3 is 10.1 Å². The van der Waals surface area contributed by atoms with Crippen LogP contribution in [0.25, 0.3) is 0 Å². The topological polar surface area (TPSA) is 59.4 Å². The van der Waals surface area contributed by atoms with Crippen LogP contribution in [0.2, 0.25) is 0 Å². The van der Waals surface area contributed by atoms with Gasteiger partial charge in [0, 0.05) is 31.9 Å². The van der Waals surface area contributed by atoms with Gasteiger partial charge in [0.25, 0.3) is 5.91 Å². The second-order valence-electron chi connectivity index (χ2n) is 5.43. The summed E-state index contributed by atoms with van der Waals surface area (Å²) in [4.78, 5) is 14.6. The number of morpholine rings is 1. The van der Waals surface area contributed by atoms with E-state index in [0.29, 0.717) is 6.54 Å². The molecular weight excluding hydrogens is 268 g/mol. The van der Waals surface area contributed by atoms with Crippen LogP contribution in [-0.4, -0.2) is 60.0 Å². The van der Waals surface area contributed by atoms with Crippen LogP contribution in [0, 0.1) is 13.8 Å². The van der Waals surface area contributed by atoms with Crippen molar-refractivity contribution < 1.29 is 9.53 Å². The lowest BCUT2D eigenvalue weighted by Gasteiger charge is -2.26. The van der Waals surface area contributed by atoms with Crippen LogP contribution in [0.3, 0.4) is 0 Å².